The molecule has 0 aliphatic carbocycles. The number of carbonyl (C=O) groups excluding carboxylic acids is 2. The molecule has 3 amide bonds. The van der Waals surface area contributed by atoms with Gasteiger partial charge in [0.2, 0.25) is 0 Å². The summed E-state index contributed by atoms with van der Waals surface area (Å²) in [4.78, 5) is 37.8. The van der Waals surface area contributed by atoms with Gasteiger partial charge in [-0.2, -0.15) is 0 Å². The van der Waals surface area contributed by atoms with E-state index in [-0.39, 0.29) is 30.4 Å². The van der Waals surface area contributed by atoms with Crippen LogP contribution in [0.3, 0.4) is 0 Å². The van der Waals surface area contributed by atoms with Crippen LogP contribution < -0.4 is 10.6 Å². The molecule has 3 N–H and O–H groups in total. The fourth-order valence-electron chi connectivity index (χ4n) is 3.59. The van der Waals surface area contributed by atoms with Gasteiger partial charge in [0.25, 0.3) is 0 Å². The van der Waals surface area contributed by atoms with Gasteiger partial charge in [-0.05, 0) is 41.3 Å². The van der Waals surface area contributed by atoms with Crippen molar-refractivity contribution in [1.29, 1.82) is 0 Å². The molecule has 9 nitrogen and oxygen atoms in total. The van der Waals surface area contributed by atoms with E-state index in [0.29, 0.717) is 22.0 Å². The highest BCUT2D eigenvalue weighted by Crippen LogP contribution is 2.20. The number of ether oxygens (including phenoxy) is 1. The number of nitrogens with one attached hydrogen (secondary N) is 3. The van der Waals surface area contributed by atoms with Gasteiger partial charge < -0.3 is 19.9 Å². The highest BCUT2D eigenvalue weighted by atomic mass is 35.5. The van der Waals surface area contributed by atoms with Crippen LogP contribution in [0.5, 0.6) is 0 Å². The Kier molecular flexibility index (Phi) is 8.14. The summed E-state index contributed by atoms with van der Waals surface area (Å²) in [5, 5.41) is 6.41. The van der Waals surface area contributed by atoms with E-state index < -0.39 is 29.8 Å². The van der Waals surface area contributed by atoms with E-state index in [1.165, 1.54) is 47.8 Å². The van der Waals surface area contributed by atoms with Gasteiger partial charge in [-0.3, -0.25) is 5.32 Å². The fourth-order valence-corrected chi connectivity index (χ4v) is 3.78. The summed E-state index contributed by atoms with van der Waals surface area (Å²) in [6.07, 6.45) is 4.17. The Morgan fingerprint density at radius 2 is 2.00 bits per heavy atom. The zero-order valence-corrected chi connectivity index (χ0v) is 20.4. The third-order valence-corrected chi connectivity index (χ3v) is 6.07. The molecule has 0 spiro atoms. The molecule has 1 atom stereocenters. The van der Waals surface area contributed by atoms with Crippen LogP contribution >= 0.6 is 11.6 Å². The molecule has 0 radical (unpaired) electrons. The molecule has 0 unspecified atom stereocenters. The maximum Gasteiger partial charge on any atom is 0.412 e. The summed E-state index contributed by atoms with van der Waals surface area (Å²) < 4.78 is 32.6. The number of H-pyrrole nitrogens is 1. The van der Waals surface area contributed by atoms with Crippen molar-refractivity contribution < 1.29 is 23.1 Å². The number of benzene rings is 2. The van der Waals surface area contributed by atoms with Gasteiger partial charge in [0, 0.05) is 37.8 Å². The van der Waals surface area contributed by atoms with Gasteiger partial charge >= 0.3 is 12.1 Å². The van der Waals surface area contributed by atoms with Crippen molar-refractivity contribution in [2.45, 2.75) is 19.0 Å². The Balaban J connectivity index is 1.38. The standard InChI is InChI=1S/C25H23ClF2N6O3/c1-34(24(35)31-11-16-3-2-4-21(28)23(16)26)20(9-19-12-29-14-32-19)13-37-25(36)33-22-8-17-7-18(27)6-5-15(17)10-30-22/h2-8,10,12,14,20H,9,11,13H2,1H3,(H,29,32)(H,31,35)(H,30,33,36)/t20-/m1/s1. The molecular formula is C25H23ClF2N6O3. The summed E-state index contributed by atoms with van der Waals surface area (Å²) in [6, 6.07) is 9.03. The van der Waals surface area contributed by atoms with Crippen molar-refractivity contribution >= 4 is 40.3 Å². The number of amides is 3. The number of nitrogens with zero attached hydrogens (tertiary/aromatic N) is 3. The average molecular weight is 529 g/mol. The zero-order chi connectivity index (χ0) is 26.4. The smallest absolute Gasteiger partial charge is 0.412 e. The number of likely N-dealkylation sites (N-methyl/N-ethyl adjacent to an activating group) is 1. The van der Waals surface area contributed by atoms with Crippen molar-refractivity contribution in [3.05, 3.63) is 89.1 Å². The summed E-state index contributed by atoms with van der Waals surface area (Å²) >= 11 is 5.96. The van der Waals surface area contributed by atoms with Crippen LogP contribution in [-0.2, 0) is 17.7 Å². The minimum Gasteiger partial charge on any atom is -0.447 e. The summed E-state index contributed by atoms with van der Waals surface area (Å²) in [7, 11) is 1.54. The highest BCUT2D eigenvalue weighted by Gasteiger charge is 2.23. The molecule has 37 heavy (non-hydrogen) atoms. The van der Waals surface area contributed by atoms with Crippen molar-refractivity contribution in [2.24, 2.45) is 0 Å². The highest BCUT2D eigenvalue weighted by molar-refractivity contribution is 6.31. The maximum atomic E-state index is 13.7. The molecule has 2 heterocycles. The third-order valence-electron chi connectivity index (χ3n) is 5.65. The number of urea groups is 1. The van der Waals surface area contributed by atoms with Crippen molar-refractivity contribution in [2.75, 3.05) is 19.0 Å². The molecule has 4 rings (SSSR count). The number of halogens is 3. The molecule has 12 heteroatoms. The molecule has 2 aromatic heterocycles. The normalized spacial score (nSPS) is 11.7. The second-order valence-electron chi connectivity index (χ2n) is 8.19. The van der Waals surface area contributed by atoms with Crippen LogP contribution in [-0.4, -0.2) is 51.7 Å². The fraction of sp³-hybridized carbons (Fsp3) is 0.200. The monoisotopic (exact) mass is 528 g/mol. The molecule has 0 fully saturated rings. The number of rotatable bonds is 8. The van der Waals surface area contributed by atoms with Crippen LogP contribution in [0.2, 0.25) is 5.02 Å². The number of aromatic nitrogens is 3. The van der Waals surface area contributed by atoms with Gasteiger partial charge in [-0.25, -0.2) is 28.3 Å². The van der Waals surface area contributed by atoms with Crippen molar-refractivity contribution in [3.63, 3.8) is 0 Å². The maximum absolute atomic E-state index is 13.7. The minimum absolute atomic E-state index is 0.00443. The number of pyridine rings is 1. The largest absolute Gasteiger partial charge is 0.447 e. The first-order valence-electron chi connectivity index (χ1n) is 11.2. The van der Waals surface area contributed by atoms with Gasteiger partial charge in [0.15, 0.2) is 0 Å². The van der Waals surface area contributed by atoms with Crippen molar-refractivity contribution in [3.8, 4) is 0 Å². The molecule has 0 saturated heterocycles. The first kappa shape index (κ1) is 25.8. The van der Waals surface area contributed by atoms with Crippen molar-refractivity contribution in [1.82, 2.24) is 25.2 Å². The molecule has 0 bridgehead atoms. The Hall–Kier alpha value is -4.25. The SMILES string of the molecule is CN(C(=O)NCc1cccc(F)c1Cl)[C@@H](COC(=O)Nc1cc2cc(F)ccc2cn1)Cc1c[nH]cn1. The summed E-state index contributed by atoms with van der Waals surface area (Å²) in [5.41, 5.74) is 1.07. The van der Waals surface area contributed by atoms with Gasteiger partial charge in [-0.1, -0.05) is 23.7 Å². The molecule has 2 aromatic carbocycles. The predicted octanol–water partition coefficient (Wildman–Crippen LogP) is 4.89. The number of imidazole rings is 1. The first-order valence-corrected chi connectivity index (χ1v) is 11.6. The Morgan fingerprint density at radius 3 is 2.78 bits per heavy atom. The molecule has 192 valence electrons. The minimum atomic E-state index is -0.796. The summed E-state index contributed by atoms with van der Waals surface area (Å²) in [6.45, 7) is -0.157. The molecular weight excluding hydrogens is 506 g/mol. The van der Waals surface area contributed by atoms with E-state index in [1.807, 2.05) is 0 Å². The third kappa shape index (κ3) is 6.70. The molecule has 4 aromatic rings. The lowest BCUT2D eigenvalue weighted by Gasteiger charge is -2.27. The molecule has 0 aliphatic rings. The Morgan fingerprint density at radius 1 is 1.16 bits per heavy atom. The quantitative estimate of drug-likeness (QED) is 0.301. The van der Waals surface area contributed by atoms with E-state index in [2.05, 4.69) is 25.6 Å². The van der Waals surface area contributed by atoms with Crippen LogP contribution in [0.25, 0.3) is 10.8 Å². The second-order valence-corrected chi connectivity index (χ2v) is 8.56. The van der Waals surface area contributed by atoms with Gasteiger partial charge in [-0.15, -0.1) is 0 Å². The predicted molar refractivity (Wildman–Crippen MR) is 134 cm³/mol. The lowest BCUT2D eigenvalue weighted by molar-refractivity contribution is 0.116. The number of anilines is 1. The summed E-state index contributed by atoms with van der Waals surface area (Å²) in [5.74, 6) is -0.803. The second kappa shape index (κ2) is 11.7. The van der Waals surface area contributed by atoms with Gasteiger partial charge in [0.1, 0.15) is 24.1 Å². The van der Waals surface area contributed by atoms with Crippen LogP contribution in [0, 0.1) is 11.6 Å². The van der Waals surface area contributed by atoms with E-state index in [1.54, 1.807) is 25.4 Å². The lowest BCUT2D eigenvalue weighted by Crippen LogP contribution is -2.47. The Bertz CT molecular complexity index is 1400. The lowest BCUT2D eigenvalue weighted by atomic mass is 10.1. The number of hydrogen-bond donors (Lipinski definition) is 3. The number of carbonyl (C=O) groups is 2. The number of aromatic amines is 1. The average Bonchev–Trinajstić information content (AvgIpc) is 3.40. The molecule has 0 aliphatic heterocycles. The Labute approximate surface area is 215 Å². The van der Waals surface area contributed by atoms with E-state index in [9.17, 15) is 18.4 Å². The topological polar surface area (TPSA) is 112 Å². The van der Waals surface area contributed by atoms with E-state index in [0.717, 1.165) is 0 Å². The van der Waals surface area contributed by atoms with E-state index >= 15 is 0 Å². The van der Waals surface area contributed by atoms with Crippen LogP contribution in [0.4, 0.5) is 24.2 Å². The van der Waals surface area contributed by atoms with Crippen LogP contribution in [0.15, 0.2) is 61.2 Å². The molecule has 0 saturated carbocycles. The number of fused-ring (bicyclic) bond motifs is 1. The number of hydrogen-bond acceptors (Lipinski definition) is 5. The first-order chi connectivity index (χ1) is 17.8. The van der Waals surface area contributed by atoms with Crippen LogP contribution in [0.1, 0.15) is 11.3 Å². The van der Waals surface area contributed by atoms with E-state index in [4.69, 9.17) is 16.3 Å². The van der Waals surface area contributed by atoms with Gasteiger partial charge in [0.05, 0.1) is 23.1 Å². The zero-order valence-electron chi connectivity index (χ0n) is 19.7.